The number of rotatable bonds is 3. The summed E-state index contributed by atoms with van der Waals surface area (Å²) in [6, 6.07) is 17.1. The highest BCUT2D eigenvalue weighted by Gasteiger charge is 2.50. The molecule has 112 valence electrons. The topological polar surface area (TPSA) is 41.6 Å². The first-order valence-corrected chi connectivity index (χ1v) is 7.38. The summed E-state index contributed by atoms with van der Waals surface area (Å²) < 4.78 is 5.72. The summed E-state index contributed by atoms with van der Waals surface area (Å²) in [5.74, 6) is -0.231. The molecule has 0 spiro atoms. The second kappa shape index (κ2) is 5.42. The molecule has 5 heteroatoms. The van der Waals surface area contributed by atoms with Gasteiger partial charge >= 0.3 is 0 Å². The van der Waals surface area contributed by atoms with Gasteiger partial charge in [-0.05, 0) is 38.2 Å². The van der Waals surface area contributed by atoms with E-state index >= 15 is 0 Å². The Morgan fingerprint density at radius 3 is 2.36 bits per heavy atom. The molecule has 0 saturated carbocycles. The molecule has 0 radical (unpaired) electrons. The number of para-hydroxylation sites is 1. The van der Waals surface area contributed by atoms with Gasteiger partial charge in [-0.25, -0.2) is 0 Å². The number of nitrogens with zero attached hydrogens (tertiary/aromatic N) is 1. The van der Waals surface area contributed by atoms with Gasteiger partial charge in [0.15, 0.2) is 0 Å². The largest absolute Gasteiger partial charge is 0.448 e. The van der Waals surface area contributed by atoms with Crippen LogP contribution in [0.25, 0.3) is 0 Å². The highest BCUT2D eigenvalue weighted by molar-refractivity contribution is 7.80. The van der Waals surface area contributed by atoms with E-state index in [1.54, 1.807) is 6.92 Å². The van der Waals surface area contributed by atoms with Gasteiger partial charge in [-0.1, -0.05) is 48.0 Å². The Labute approximate surface area is 134 Å². The number of thiocarbonyl (C=S) groups is 1. The molecule has 22 heavy (non-hydrogen) atoms. The van der Waals surface area contributed by atoms with Crippen LogP contribution >= 0.6 is 12.2 Å². The lowest BCUT2D eigenvalue weighted by Crippen LogP contribution is -2.39. The van der Waals surface area contributed by atoms with Crippen LogP contribution in [-0.4, -0.2) is 16.1 Å². The van der Waals surface area contributed by atoms with Crippen LogP contribution in [0.2, 0.25) is 0 Å². The van der Waals surface area contributed by atoms with E-state index in [0.717, 1.165) is 16.8 Å². The quantitative estimate of drug-likeness (QED) is 0.882. The average molecular weight is 312 g/mol. The SMILES string of the molecule is Cc1ccc(C2(C)OC(=S)N(Nc3ccccc3)C2=O)cc1. The van der Waals surface area contributed by atoms with Crippen LogP contribution in [0.4, 0.5) is 5.69 Å². The molecule has 3 rings (SSSR count). The number of hydrogen-bond acceptors (Lipinski definition) is 4. The molecule has 2 aromatic carbocycles. The van der Waals surface area contributed by atoms with Gasteiger partial charge in [-0.3, -0.25) is 10.2 Å². The lowest BCUT2D eigenvalue weighted by molar-refractivity contribution is -0.135. The highest BCUT2D eigenvalue weighted by atomic mass is 32.1. The Balaban J connectivity index is 1.89. The fourth-order valence-electron chi connectivity index (χ4n) is 2.35. The van der Waals surface area contributed by atoms with Gasteiger partial charge < -0.3 is 4.74 Å². The van der Waals surface area contributed by atoms with Gasteiger partial charge in [0.25, 0.3) is 11.1 Å². The maximum Gasteiger partial charge on any atom is 0.297 e. The van der Waals surface area contributed by atoms with Crippen LogP contribution in [0, 0.1) is 6.92 Å². The maximum absolute atomic E-state index is 12.8. The number of carbonyl (C=O) groups is 1. The predicted molar refractivity (Wildman–Crippen MR) is 89.1 cm³/mol. The molecule has 1 heterocycles. The number of aryl methyl sites for hydroxylation is 1. The molecule has 1 fully saturated rings. The summed E-state index contributed by atoms with van der Waals surface area (Å²) >= 11 is 5.21. The van der Waals surface area contributed by atoms with Crippen molar-refractivity contribution in [1.29, 1.82) is 0 Å². The molecule has 1 saturated heterocycles. The molecule has 1 aliphatic heterocycles. The summed E-state index contributed by atoms with van der Waals surface area (Å²) in [6.07, 6.45) is 0. The molecule has 0 aromatic heterocycles. The minimum Gasteiger partial charge on any atom is -0.448 e. The van der Waals surface area contributed by atoms with Crippen LogP contribution in [0.5, 0.6) is 0 Å². The number of amides is 1. The van der Waals surface area contributed by atoms with Gasteiger partial charge in [0, 0.05) is 5.56 Å². The number of ether oxygens (including phenoxy) is 1. The minimum absolute atomic E-state index is 0.122. The van der Waals surface area contributed by atoms with Gasteiger partial charge in [0.05, 0.1) is 5.69 Å². The van der Waals surface area contributed by atoms with Crippen molar-refractivity contribution in [2.24, 2.45) is 0 Å². The Bertz CT molecular complexity index is 715. The van der Waals surface area contributed by atoms with E-state index in [1.165, 1.54) is 5.01 Å². The second-order valence-electron chi connectivity index (χ2n) is 5.39. The van der Waals surface area contributed by atoms with Crippen molar-refractivity contribution < 1.29 is 9.53 Å². The minimum atomic E-state index is -1.10. The maximum atomic E-state index is 12.8. The van der Waals surface area contributed by atoms with E-state index in [4.69, 9.17) is 17.0 Å². The summed E-state index contributed by atoms with van der Waals surface area (Å²) in [5, 5.41) is 1.40. The summed E-state index contributed by atoms with van der Waals surface area (Å²) in [6.45, 7) is 3.73. The standard InChI is InChI=1S/C17H16N2O2S/c1-12-8-10-13(11-9-12)17(2)15(20)19(16(22)21-17)18-14-6-4-3-5-7-14/h3-11,18H,1-2H3. The molecule has 0 bridgehead atoms. The van der Waals surface area contributed by atoms with E-state index in [-0.39, 0.29) is 11.1 Å². The first kappa shape index (κ1) is 14.5. The van der Waals surface area contributed by atoms with Gasteiger partial charge in [-0.2, -0.15) is 5.01 Å². The van der Waals surface area contributed by atoms with E-state index < -0.39 is 5.60 Å². The number of hydrazine groups is 1. The molecule has 0 aliphatic carbocycles. The Morgan fingerprint density at radius 2 is 1.73 bits per heavy atom. The number of carbonyl (C=O) groups excluding carboxylic acids is 1. The lowest BCUT2D eigenvalue weighted by Gasteiger charge is -2.21. The number of anilines is 1. The van der Waals surface area contributed by atoms with Crippen molar-refractivity contribution in [2.45, 2.75) is 19.4 Å². The van der Waals surface area contributed by atoms with E-state index in [9.17, 15) is 4.79 Å². The van der Waals surface area contributed by atoms with Crippen molar-refractivity contribution in [3.8, 4) is 0 Å². The van der Waals surface area contributed by atoms with Gasteiger partial charge in [0.1, 0.15) is 0 Å². The van der Waals surface area contributed by atoms with Crippen molar-refractivity contribution in [3.63, 3.8) is 0 Å². The third-order valence-corrected chi connectivity index (χ3v) is 3.97. The second-order valence-corrected chi connectivity index (χ2v) is 5.73. The fourth-order valence-corrected chi connectivity index (χ4v) is 2.65. The molecule has 1 aliphatic rings. The molecule has 2 aromatic rings. The molecule has 1 amide bonds. The predicted octanol–water partition coefficient (Wildman–Crippen LogP) is 3.38. The van der Waals surface area contributed by atoms with Crippen LogP contribution < -0.4 is 5.43 Å². The van der Waals surface area contributed by atoms with Crippen LogP contribution in [0.3, 0.4) is 0 Å². The molecule has 1 N–H and O–H groups in total. The molecule has 1 atom stereocenters. The number of benzene rings is 2. The van der Waals surface area contributed by atoms with Crippen molar-refractivity contribution in [3.05, 3.63) is 65.7 Å². The first-order valence-electron chi connectivity index (χ1n) is 6.97. The zero-order chi connectivity index (χ0) is 15.7. The third kappa shape index (κ3) is 2.44. The molecule has 1 unspecified atom stereocenters. The van der Waals surface area contributed by atoms with Crippen LogP contribution in [0.1, 0.15) is 18.1 Å². The van der Waals surface area contributed by atoms with E-state index in [2.05, 4.69) is 5.43 Å². The zero-order valence-electron chi connectivity index (χ0n) is 12.4. The number of hydrogen-bond donors (Lipinski definition) is 1. The Kier molecular flexibility index (Phi) is 3.58. The van der Waals surface area contributed by atoms with Crippen LogP contribution in [0.15, 0.2) is 54.6 Å². The summed E-state index contributed by atoms with van der Waals surface area (Å²) in [5.41, 5.74) is 4.57. The number of nitrogens with one attached hydrogen (secondary N) is 1. The molecular weight excluding hydrogens is 296 g/mol. The summed E-state index contributed by atoms with van der Waals surface area (Å²) in [4.78, 5) is 12.8. The van der Waals surface area contributed by atoms with E-state index in [0.29, 0.717) is 0 Å². The first-order chi connectivity index (χ1) is 10.5. The van der Waals surface area contributed by atoms with Crippen molar-refractivity contribution in [1.82, 2.24) is 5.01 Å². The highest BCUT2D eigenvalue weighted by Crippen LogP contribution is 2.34. The van der Waals surface area contributed by atoms with Gasteiger partial charge in [0.2, 0.25) is 5.60 Å². The van der Waals surface area contributed by atoms with E-state index in [1.807, 2.05) is 61.5 Å². The van der Waals surface area contributed by atoms with Crippen LogP contribution in [-0.2, 0) is 15.1 Å². The zero-order valence-corrected chi connectivity index (χ0v) is 13.2. The summed E-state index contributed by atoms with van der Waals surface area (Å²) in [7, 11) is 0. The Hall–Kier alpha value is -2.40. The van der Waals surface area contributed by atoms with Crippen molar-refractivity contribution in [2.75, 3.05) is 5.43 Å². The monoisotopic (exact) mass is 312 g/mol. The normalized spacial score (nSPS) is 20.9. The average Bonchev–Trinajstić information content (AvgIpc) is 2.73. The fraction of sp³-hybridized carbons (Fsp3) is 0.176. The van der Waals surface area contributed by atoms with Crippen molar-refractivity contribution >= 4 is 29.0 Å². The van der Waals surface area contributed by atoms with Gasteiger partial charge in [-0.15, -0.1) is 0 Å². The molecule has 4 nitrogen and oxygen atoms in total. The smallest absolute Gasteiger partial charge is 0.297 e. The molecular formula is C17H16N2O2S. The Morgan fingerprint density at radius 1 is 1.09 bits per heavy atom. The lowest BCUT2D eigenvalue weighted by atomic mass is 9.94. The third-order valence-electron chi connectivity index (χ3n) is 3.70.